The van der Waals surface area contributed by atoms with E-state index in [1.165, 1.54) is 0 Å². The topological polar surface area (TPSA) is 24.4 Å². The van der Waals surface area contributed by atoms with Gasteiger partial charge in [0.2, 0.25) is 0 Å². The molecule has 1 aliphatic heterocycles. The summed E-state index contributed by atoms with van der Waals surface area (Å²) in [6.07, 6.45) is 1.82. The van der Waals surface area contributed by atoms with Crippen LogP contribution in [-0.4, -0.2) is 15.8 Å². The van der Waals surface area contributed by atoms with E-state index in [0.29, 0.717) is 0 Å². The van der Waals surface area contributed by atoms with Crippen molar-refractivity contribution in [3.8, 4) is 0 Å². The van der Waals surface area contributed by atoms with E-state index in [2.05, 4.69) is 13.5 Å². The first-order valence-electron chi connectivity index (χ1n) is 1.70. The summed E-state index contributed by atoms with van der Waals surface area (Å²) in [5.74, 6) is 0. The summed E-state index contributed by atoms with van der Waals surface area (Å²) in [5.41, 5.74) is 0. The molecule has 1 heterocycles. The van der Waals surface area contributed by atoms with Gasteiger partial charge in [0.15, 0.2) is 0 Å². The molecule has 0 atom stereocenters. The first-order valence-corrected chi connectivity index (χ1v) is 6.46. The van der Waals surface area contributed by atoms with Crippen LogP contribution in [0.1, 0.15) is 0 Å². The fourth-order valence-electron chi connectivity index (χ4n) is 0.290. The summed E-state index contributed by atoms with van der Waals surface area (Å²) in [6.45, 7) is 0. The summed E-state index contributed by atoms with van der Waals surface area (Å²) in [4.78, 5) is 6.26. The number of alkyl halides is 2. The molecule has 6 heavy (non-hydrogen) atoms. The van der Waals surface area contributed by atoms with Crippen molar-refractivity contribution in [2.24, 2.45) is 4.99 Å². The van der Waals surface area contributed by atoms with E-state index in [4.69, 9.17) is 0 Å². The van der Waals surface area contributed by atoms with Gasteiger partial charge in [0.25, 0.3) is 0 Å². The number of nitrogens with zero attached hydrogens (tertiary/aromatic N) is 1. The Hall–Kier alpha value is 0.200. The van der Waals surface area contributed by atoms with Gasteiger partial charge in [-0.25, -0.2) is 0 Å². The first kappa shape index (κ1) is 4.36. The third kappa shape index (κ3) is 0.830. The van der Waals surface area contributed by atoms with Crippen LogP contribution in [-0.2, 0) is 0 Å². The van der Waals surface area contributed by atoms with Crippen LogP contribution in [0.15, 0.2) is 4.99 Å². The Kier molecular flexibility index (Phi) is 1.29. The van der Waals surface area contributed by atoms with Crippen molar-refractivity contribution in [1.82, 2.24) is 3.53 Å². The molecule has 1 N–H and O–H groups in total. The van der Waals surface area contributed by atoms with Gasteiger partial charge in [0.05, 0.1) is 0 Å². The number of hydrogen-bond donors (Lipinski definition) is 1. The Morgan fingerprint density at radius 3 is 3.00 bits per heavy atom. The van der Waals surface area contributed by atoms with E-state index < -0.39 is 20.1 Å². The molecule has 0 bridgehead atoms. The Morgan fingerprint density at radius 1 is 2.00 bits per heavy atom. The summed E-state index contributed by atoms with van der Waals surface area (Å²) >= 11 is -0.662. The third-order valence-electron chi connectivity index (χ3n) is 0.575. The van der Waals surface area contributed by atoms with Crippen LogP contribution < -0.4 is 3.53 Å². The molecule has 36 valence electrons. The second-order valence-electron chi connectivity index (χ2n) is 1.13. The minimum atomic E-state index is -0.662. The molecule has 0 aromatic heterocycles. The van der Waals surface area contributed by atoms with Gasteiger partial charge in [-0.1, -0.05) is 0 Å². The zero-order chi connectivity index (χ0) is 4.41. The predicted molar refractivity (Wildman–Crippen MR) is 36.4 cm³/mol. The third-order valence-corrected chi connectivity index (χ3v) is 3.33. The summed E-state index contributed by atoms with van der Waals surface area (Å²) in [5, 5.41) is 0. The van der Waals surface area contributed by atoms with Gasteiger partial charge in [-0.15, -0.1) is 0 Å². The maximum absolute atomic E-state index is 4.00. The number of rotatable bonds is 0. The van der Waals surface area contributed by atoms with E-state index in [9.17, 15) is 0 Å². The van der Waals surface area contributed by atoms with Gasteiger partial charge in [0, 0.05) is 0 Å². The van der Waals surface area contributed by atoms with Crippen LogP contribution in [0.3, 0.4) is 0 Å². The van der Waals surface area contributed by atoms with Crippen LogP contribution >= 0.6 is 20.1 Å². The molecule has 0 radical (unpaired) electrons. The quantitative estimate of drug-likeness (QED) is 0.262. The zero-order valence-corrected chi connectivity index (χ0v) is 5.77. The Balaban J connectivity index is 2.32. The molecule has 1 aliphatic rings. The molecule has 1 rings (SSSR count). The molecule has 0 unspecified atom stereocenters. The Labute approximate surface area is 44.8 Å². The summed E-state index contributed by atoms with van der Waals surface area (Å²) < 4.78 is 4.29. The van der Waals surface area contributed by atoms with E-state index in [1.807, 2.05) is 6.34 Å². The zero-order valence-electron chi connectivity index (χ0n) is 3.61. The molecule has 0 saturated carbocycles. The Bertz CT molecular complexity index is 63.2. The summed E-state index contributed by atoms with van der Waals surface area (Å²) in [7, 11) is 0. The molecular weight excluding hydrogens is 191 g/mol. The van der Waals surface area contributed by atoms with E-state index >= 15 is 0 Å². The fourth-order valence-corrected chi connectivity index (χ4v) is 1.95. The van der Waals surface area contributed by atoms with Crippen molar-refractivity contribution in [3.05, 3.63) is 0 Å². The fraction of sp³-hybridized carbons (Fsp3) is 0.667. The molecule has 0 aromatic rings. The molecule has 0 aliphatic carbocycles. The van der Waals surface area contributed by atoms with Crippen molar-refractivity contribution in [2.75, 3.05) is 9.48 Å². The van der Waals surface area contributed by atoms with E-state index in [0.717, 1.165) is 4.55 Å². The SMILES string of the molecule is CI1CN=CN1. The molecule has 0 saturated heterocycles. The number of aliphatic imine (C=N–C) groups is 1. The molecule has 0 fully saturated rings. The van der Waals surface area contributed by atoms with Gasteiger partial charge < -0.3 is 0 Å². The normalized spacial score (nSPS) is 24.5. The second-order valence-corrected chi connectivity index (χ2v) is 5.80. The van der Waals surface area contributed by atoms with Crippen LogP contribution in [0.2, 0.25) is 0 Å². The standard InChI is InChI=1S/C3H7IN2/c1-4-2-5-3-6-4/h3H,2H2,1H3,(H,5,6). The Morgan fingerprint density at radius 2 is 2.83 bits per heavy atom. The second kappa shape index (κ2) is 1.77. The number of nitrogens with one attached hydrogen (secondary N) is 1. The van der Waals surface area contributed by atoms with Crippen LogP contribution in [0.25, 0.3) is 0 Å². The summed E-state index contributed by atoms with van der Waals surface area (Å²) in [6, 6.07) is 0. The van der Waals surface area contributed by atoms with Gasteiger partial charge in [-0.2, -0.15) is 0 Å². The van der Waals surface area contributed by atoms with Crippen molar-refractivity contribution in [3.63, 3.8) is 0 Å². The predicted octanol–water partition coefficient (Wildman–Crippen LogP) is 0.627. The first-order chi connectivity index (χ1) is 2.89. The van der Waals surface area contributed by atoms with Crippen molar-refractivity contribution in [1.29, 1.82) is 0 Å². The van der Waals surface area contributed by atoms with Gasteiger partial charge in [-0.3, -0.25) is 0 Å². The average Bonchev–Trinajstić information content (AvgIpc) is 1.86. The molecule has 2 nitrogen and oxygen atoms in total. The van der Waals surface area contributed by atoms with E-state index in [-0.39, 0.29) is 0 Å². The number of halogens is 1. The molecular formula is C3H7IN2. The molecule has 3 heteroatoms. The van der Waals surface area contributed by atoms with Gasteiger partial charge in [-0.05, 0) is 0 Å². The van der Waals surface area contributed by atoms with Crippen LogP contribution in [0.5, 0.6) is 0 Å². The van der Waals surface area contributed by atoms with Crippen LogP contribution in [0.4, 0.5) is 0 Å². The van der Waals surface area contributed by atoms with Gasteiger partial charge in [0.1, 0.15) is 0 Å². The molecule has 0 amide bonds. The maximum atomic E-state index is 4.00. The number of hydrogen-bond acceptors (Lipinski definition) is 2. The van der Waals surface area contributed by atoms with Crippen molar-refractivity contribution >= 4 is 26.4 Å². The van der Waals surface area contributed by atoms with Crippen molar-refractivity contribution < 1.29 is 0 Å². The molecule has 0 aromatic carbocycles. The molecule has 0 spiro atoms. The van der Waals surface area contributed by atoms with Crippen molar-refractivity contribution in [2.45, 2.75) is 0 Å². The average molecular weight is 198 g/mol. The van der Waals surface area contributed by atoms with E-state index in [1.54, 1.807) is 0 Å². The minimum absolute atomic E-state index is 0.662. The monoisotopic (exact) mass is 198 g/mol. The van der Waals surface area contributed by atoms with Gasteiger partial charge >= 0.3 is 44.4 Å². The van der Waals surface area contributed by atoms with Crippen LogP contribution in [0, 0.1) is 0 Å².